The standard InChI is InChI=1S/C17H9ClN2O4S/c18-25(23,24)10-5-6-11-9(8-10)4-7-14-15(11)20-16-12(17(21)22)2-1-3-13(16)19-14/h1-8H,(H,21,22). The van der Waals surface area contributed by atoms with Gasteiger partial charge in [-0.15, -0.1) is 0 Å². The number of carboxylic acids is 1. The van der Waals surface area contributed by atoms with E-state index in [0.29, 0.717) is 27.3 Å². The maximum Gasteiger partial charge on any atom is 0.337 e. The first-order valence-electron chi connectivity index (χ1n) is 7.16. The molecule has 0 amide bonds. The van der Waals surface area contributed by atoms with Gasteiger partial charge in [0, 0.05) is 16.1 Å². The highest BCUT2D eigenvalue weighted by molar-refractivity contribution is 8.13. The monoisotopic (exact) mass is 372 g/mol. The Hall–Kier alpha value is -2.77. The van der Waals surface area contributed by atoms with Crippen LogP contribution in [0, 0.1) is 0 Å². The molecule has 1 aromatic heterocycles. The van der Waals surface area contributed by atoms with Crippen molar-refractivity contribution in [3.8, 4) is 0 Å². The predicted molar refractivity (Wildman–Crippen MR) is 94.5 cm³/mol. The van der Waals surface area contributed by atoms with E-state index in [0.717, 1.165) is 0 Å². The lowest BCUT2D eigenvalue weighted by Gasteiger charge is -2.07. The number of benzene rings is 3. The second-order valence-electron chi connectivity index (χ2n) is 5.46. The third-order valence-corrected chi connectivity index (χ3v) is 5.28. The van der Waals surface area contributed by atoms with Gasteiger partial charge in [0.15, 0.2) is 0 Å². The molecule has 3 aromatic carbocycles. The fraction of sp³-hybridized carbons (Fsp3) is 0. The lowest BCUT2D eigenvalue weighted by Crippen LogP contribution is -2.00. The Bertz CT molecular complexity index is 1300. The lowest BCUT2D eigenvalue weighted by molar-refractivity contribution is 0.0699. The van der Waals surface area contributed by atoms with Crippen molar-refractivity contribution in [2.45, 2.75) is 4.90 Å². The van der Waals surface area contributed by atoms with Crippen LogP contribution >= 0.6 is 10.7 Å². The number of carbonyl (C=O) groups is 1. The molecular formula is C17H9ClN2O4S. The normalized spacial score (nSPS) is 12.0. The molecule has 4 rings (SSSR count). The van der Waals surface area contributed by atoms with Gasteiger partial charge in [-0.1, -0.05) is 18.2 Å². The largest absolute Gasteiger partial charge is 0.478 e. The molecular weight excluding hydrogens is 364 g/mol. The van der Waals surface area contributed by atoms with E-state index in [9.17, 15) is 18.3 Å². The van der Waals surface area contributed by atoms with Crippen LogP contribution in [0.5, 0.6) is 0 Å². The summed E-state index contributed by atoms with van der Waals surface area (Å²) in [5.41, 5.74) is 1.90. The molecule has 124 valence electrons. The maximum absolute atomic E-state index is 11.5. The summed E-state index contributed by atoms with van der Waals surface area (Å²) in [4.78, 5) is 20.4. The van der Waals surface area contributed by atoms with Crippen molar-refractivity contribution in [1.29, 1.82) is 0 Å². The van der Waals surface area contributed by atoms with Crippen LogP contribution in [0.15, 0.2) is 53.4 Å². The Kier molecular flexibility index (Phi) is 3.38. The highest BCUT2D eigenvalue weighted by atomic mass is 35.7. The van der Waals surface area contributed by atoms with Crippen LogP contribution in [0.1, 0.15) is 10.4 Å². The Labute approximate surface area is 146 Å². The van der Waals surface area contributed by atoms with Crippen molar-refractivity contribution < 1.29 is 18.3 Å². The molecule has 0 aliphatic heterocycles. The molecule has 25 heavy (non-hydrogen) atoms. The number of hydrogen-bond acceptors (Lipinski definition) is 5. The third-order valence-electron chi connectivity index (χ3n) is 3.93. The summed E-state index contributed by atoms with van der Waals surface area (Å²) in [5.74, 6) is -1.09. The zero-order valence-corrected chi connectivity index (χ0v) is 14.0. The summed E-state index contributed by atoms with van der Waals surface area (Å²) in [6.45, 7) is 0. The molecule has 0 atom stereocenters. The van der Waals surface area contributed by atoms with Gasteiger partial charge in [-0.25, -0.2) is 23.2 Å². The molecule has 4 aromatic rings. The van der Waals surface area contributed by atoms with Crippen molar-refractivity contribution >= 4 is 58.5 Å². The average molecular weight is 373 g/mol. The quantitative estimate of drug-likeness (QED) is 0.328. The van der Waals surface area contributed by atoms with E-state index in [1.807, 2.05) is 0 Å². The van der Waals surface area contributed by atoms with Gasteiger partial charge in [-0.2, -0.15) is 0 Å². The highest BCUT2D eigenvalue weighted by Crippen LogP contribution is 2.28. The van der Waals surface area contributed by atoms with Crippen LogP contribution in [-0.2, 0) is 9.05 Å². The Morgan fingerprint density at radius 2 is 1.72 bits per heavy atom. The zero-order valence-electron chi connectivity index (χ0n) is 12.5. The molecule has 0 saturated carbocycles. The second kappa shape index (κ2) is 5.37. The van der Waals surface area contributed by atoms with Crippen molar-refractivity contribution in [2.24, 2.45) is 0 Å². The van der Waals surface area contributed by atoms with E-state index in [2.05, 4.69) is 9.97 Å². The molecule has 0 aliphatic carbocycles. The zero-order chi connectivity index (χ0) is 17.8. The molecule has 0 bridgehead atoms. The van der Waals surface area contributed by atoms with E-state index in [1.54, 1.807) is 30.3 Å². The van der Waals surface area contributed by atoms with Gasteiger partial charge >= 0.3 is 5.97 Å². The van der Waals surface area contributed by atoms with Crippen molar-refractivity contribution in [3.05, 3.63) is 54.1 Å². The third kappa shape index (κ3) is 2.57. The first-order chi connectivity index (χ1) is 11.8. The smallest absolute Gasteiger partial charge is 0.337 e. The topological polar surface area (TPSA) is 97.2 Å². The number of para-hydroxylation sites is 1. The fourth-order valence-corrected chi connectivity index (χ4v) is 3.58. The molecule has 0 aliphatic rings. The highest BCUT2D eigenvalue weighted by Gasteiger charge is 2.15. The van der Waals surface area contributed by atoms with Crippen LogP contribution in [0.2, 0.25) is 0 Å². The predicted octanol–water partition coefficient (Wildman–Crippen LogP) is 3.56. The Balaban J connectivity index is 2.12. The van der Waals surface area contributed by atoms with Gasteiger partial charge in [0.05, 0.1) is 27.0 Å². The number of aromatic carboxylic acids is 1. The second-order valence-corrected chi connectivity index (χ2v) is 8.02. The van der Waals surface area contributed by atoms with Gasteiger partial charge in [0.1, 0.15) is 5.52 Å². The summed E-state index contributed by atoms with van der Waals surface area (Å²) in [6.07, 6.45) is 0. The summed E-state index contributed by atoms with van der Waals surface area (Å²) < 4.78 is 23.0. The minimum atomic E-state index is -3.84. The maximum atomic E-state index is 11.5. The van der Waals surface area contributed by atoms with Crippen LogP contribution in [0.25, 0.3) is 32.8 Å². The van der Waals surface area contributed by atoms with E-state index in [1.165, 1.54) is 18.2 Å². The Morgan fingerprint density at radius 3 is 2.44 bits per heavy atom. The number of rotatable bonds is 2. The number of nitrogens with zero attached hydrogens (tertiary/aromatic N) is 2. The van der Waals surface area contributed by atoms with Crippen LogP contribution < -0.4 is 0 Å². The minimum Gasteiger partial charge on any atom is -0.478 e. The Morgan fingerprint density at radius 1 is 0.960 bits per heavy atom. The molecule has 8 heteroatoms. The van der Waals surface area contributed by atoms with Gasteiger partial charge in [0.25, 0.3) is 9.05 Å². The first-order valence-corrected chi connectivity index (χ1v) is 9.47. The summed E-state index contributed by atoms with van der Waals surface area (Å²) in [7, 11) is 1.55. The molecule has 6 nitrogen and oxygen atoms in total. The molecule has 0 radical (unpaired) electrons. The molecule has 1 heterocycles. The number of carboxylic acid groups (broad SMARTS) is 1. The van der Waals surface area contributed by atoms with E-state index >= 15 is 0 Å². The van der Waals surface area contributed by atoms with E-state index < -0.39 is 15.0 Å². The molecule has 0 spiro atoms. The number of fused-ring (bicyclic) bond motifs is 4. The molecule has 0 saturated heterocycles. The SMILES string of the molecule is O=C(O)c1cccc2nc3ccc4cc(S(=O)(=O)Cl)ccc4c3nc12. The molecule has 1 N–H and O–H groups in total. The van der Waals surface area contributed by atoms with Crippen molar-refractivity contribution in [2.75, 3.05) is 0 Å². The van der Waals surface area contributed by atoms with Crippen LogP contribution in [0.3, 0.4) is 0 Å². The summed E-state index contributed by atoms with van der Waals surface area (Å²) >= 11 is 0. The fourth-order valence-electron chi connectivity index (χ4n) is 2.79. The van der Waals surface area contributed by atoms with Gasteiger partial charge in [-0.3, -0.25) is 0 Å². The van der Waals surface area contributed by atoms with Crippen LogP contribution in [0.4, 0.5) is 0 Å². The molecule has 0 unspecified atom stereocenters. The first kappa shape index (κ1) is 15.7. The van der Waals surface area contributed by atoms with Gasteiger partial charge in [0.2, 0.25) is 0 Å². The van der Waals surface area contributed by atoms with Gasteiger partial charge < -0.3 is 5.11 Å². The van der Waals surface area contributed by atoms with Crippen molar-refractivity contribution in [1.82, 2.24) is 9.97 Å². The van der Waals surface area contributed by atoms with E-state index in [-0.39, 0.29) is 16.0 Å². The number of halogens is 1. The van der Waals surface area contributed by atoms with Gasteiger partial charge in [-0.05, 0) is 35.7 Å². The van der Waals surface area contributed by atoms with Crippen molar-refractivity contribution in [3.63, 3.8) is 0 Å². The number of hydrogen-bond donors (Lipinski definition) is 1. The van der Waals surface area contributed by atoms with E-state index in [4.69, 9.17) is 10.7 Å². The minimum absolute atomic E-state index is 0.0130. The molecule has 0 fully saturated rings. The number of aromatic nitrogens is 2. The van der Waals surface area contributed by atoms with Crippen LogP contribution in [-0.4, -0.2) is 29.5 Å². The lowest BCUT2D eigenvalue weighted by atomic mass is 10.1. The summed E-state index contributed by atoms with van der Waals surface area (Å²) in [6, 6.07) is 12.6. The average Bonchev–Trinajstić information content (AvgIpc) is 2.58. The summed E-state index contributed by atoms with van der Waals surface area (Å²) in [5, 5.41) is 10.6.